The molecule has 5 rings (SSSR count). The molecule has 2 atom stereocenters. The number of imide groups is 1. The van der Waals surface area contributed by atoms with Crippen molar-refractivity contribution in [2.75, 3.05) is 13.2 Å². The molecule has 2 fully saturated rings. The standard InChI is InChI=1S/C23H26N6O6/c1-13(23(34)6-8-35-9-7-23)24-20(31)17-12-29(27-26-17)15-3-2-14-11-28(22(33)16(14)10-15)18-4-5-19(30)25-21(18)32/h2-3,10,12-13,18,34H,4-9,11H2,1H3,(H,24,31)(H,25,30,32). The van der Waals surface area contributed by atoms with Gasteiger partial charge in [0.25, 0.3) is 11.8 Å². The molecule has 0 radical (unpaired) electrons. The normalized spacial score (nSPS) is 22.5. The van der Waals surface area contributed by atoms with Crippen molar-refractivity contribution in [3.8, 4) is 5.69 Å². The predicted molar refractivity (Wildman–Crippen MR) is 119 cm³/mol. The van der Waals surface area contributed by atoms with E-state index in [2.05, 4.69) is 20.9 Å². The summed E-state index contributed by atoms with van der Waals surface area (Å²) < 4.78 is 6.68. The largest absolute Gasteiger partial charge is 0.388 e. The van der Waals surface area contributed by atoms with E-state index in [0.29, 0.717) is 43.7 Å². The van der Waals surface area contributed by atoms with E-state index in [1.807, 2.05) is 0 Å². The van der Waals surface area contributed by atoms with Crippen LogP contribution >= 0.6 is 0 Å². The van der Waals surface area contributed by atoms with E-state index in [1.54, 1.807) is 25.1 Å². The number of carbonyl (C=O) groups is 4. The highest BCUT2D eigenvalue weighted by atomic mass is 16.5. The van der Waals surface area contributed by atoms with Crippen molar-refractivity contribution in [2.45, 2.75) is 56.8 Å². The third kappa shape index (κ3) is 4.30. The van der Waals surface area contributed by atoms with Crippen molar-refractivity contribution in [1.29, 1.82) is 0 Å². The molecule has 3 aliphatic heterocycles. The van der Waals surface area contributed by atoms with Gasteiger partial charge in [0.15, 0.2) is 5.69 Å². The van der Waals surface area contributed by atoms with Crippen LogP contribution in [0.4, 0.5) is 0 Å². The van der Waals surface area contributed by atoms with E-state index in [-0.39, 0.29) is 30.5 Å². The molecule has 3 aliphatic rings. The number of rotatable bonds is 5. The highest BCUT2D eigenvalue weighted by Gasteiger charge is 2.39. The number of carbonyl (C=O) groups excluding carboxylic acids is 4. The van der Waals surface area contributed by atoms with Gasteiger partial charge in [0, 0.05) is 44.6 Å². The summed E-state index contributed by atoms with van der Waals surface area (Å²) in [5.74, 6) is -1.56. The quantitative estimate of drug-likeness (QED) is 0.490. The first kappa shape index (κ1) is 23.1. The minimum absolute atomic E-state index is 0.0736. The Labute approximate surface area is 200 Å². The molecule has 0 aliphatic carbocycles. The van der Waals surface area contributed by atoms with E-state index >= 15 is 0 Å². The van der Waals surface area contributed by atoms with Gasteiger partial charge in [-0.05, 0) is 31.0 Å². The lowest BCUT2D eigenvalue weighted by Crippen LogP contribution is -2.53. The van der Waals surface area contributed by atoms with E-state index in [9.17, 15) is 24.3 Å². The minimum atomic E-state index is -1.04. The number of piperidine rings is 1. The number of aromatic nitrogens is 3. The van der Waals surface area contributed by atoms with Gasteiger partial charge >= 0.3 is 0 Å². The Kier molecular flexibility index (Phi) is 5.85. The number of amides is 4. The molecule has 4 heterocycles. The van der Waals surface area contributed by atoms with E-state index < -0.39 is 29.5 Å². The van der Waals surface area contributed by atoms with Gasteiger partial charge in [-0.15, -0.1) is 5.10 Å². The summed E-state index contributed by atoms with van der Waals surface area (Å²) in [6.45, 7) is 2.89. The first-order chi connectivity index (χ1) is 16.7. The number of fused-ring (bicyclic) bond motifs is 1. The van der Waals surface area contributed by atoms with Crippen molar-refractivity contribution < 1.29 is 29.0 Å². The Morgan fingerprint density at radius 2 is 2.06 bits per heavy atom. The van der Waals surface area contributed by atoms with Gasteiger partial charge in [-0.25, -0.2) is 4.68 Å². The van der Waals surface area contributed by atoms with E-state index in [0.717, 1.165) is 5.56 Å². The van der Waals surface area contributed by atoms with Gasteiger partial charge in [-0.1, -0.05) is 11.3 Å². The Hall–Kier alpha value is -3.64. The van der Waals surface area contributed by atoms with E-state index in [4.69, 9.17) is 4.74 Å². The lowest BCUT2D eigenvalue weighted by Gasteiger charge is -2.37. The minimum Gasteiger partial charge on any atom is -0.388 e. The first-order valence-corrected chi connectivity index (χ1v) is 11.6. The average Bonchev–Trinajstić information content (AvgIpc) is 3.45. The zero-order valence-electron chi connectivity index (χ0n) is 19.2. The van der Waals surface area contributed by atoms with Gasteiger partial charge in [0.2, 0.25) is 11.8 Å². The molecule has 12 heteroatoms. The number of aliphatic hydroxyl groups is 1. The van der Waals surface area contributed by atoms with Crippen LogP contribution in [0.1, 0.15) is 59.0 Å². The molecule has 0 spiro atoms. The summed E-state index contributed by atoms with van der Waals surface area (Å²) >= 11 is 0. The molecular weight excluding hydrogens is 456 g/mol. The summed E-state index contributed by atoms with van der Waals surface area (Å²) in [5, 5.41) is 23.8. The van der Waals surface area contributed by atoms with Gasteiger partial charge in [0.05, 0.1) is 23.5 Å². The van der Waals surface area contributed by atoms with Crippen LogP contribution in [0, 0.1) is 0 Å². The summed E-state index contributed by atoms with van der Waals surface area (Å²) in [5.41, 5.74) is 0.761. The molecule has 35 heavy (non-hydrogen) atoms. The number of nitrogens with zero attached hydrogens (tertiary/aromatic N) is 4. The smallest absolute Gasteiger partial charge is 0.273 e. The second-order valence-corrected chi connectivity index (χ2v) is 9.20. The second-order valence-electron chi connectivity index (χ2n) is 9.20. The fraction of sp³-hybridized carbons (Fsp3) is 0.478. The lowest BCUT2D eigenvalue weighted by atomic mass is 9.87. The molecule has 0 saturated carbocycles. The summed E-state index contributed by atoms with van der Waals surface area (Å²) in [6, 6.07) is 3.99. The maximum absolute atomic E-state index is 13.0. The van der Waals surface area contributed by atoms with Crippen LogP contribution in [0.15, 0.2) is 24.4 Å². The van der Waals surface area contributed by atoms with Crippen molar-refractivity contribution in [3.05, 3.63) is 41.2 Å². The van der Waals surface area contributed by atoms with Gasteiger partial charge in [-0.3, -0.25) is 24.5 Å². The number of hydrogen-bond acceptors (Lipinski definition) is 8. The molecule has 1 aromatic carbocycles. The maximum Gasteiger partial charge on any atom is 0.273 e. The Balaban J connectivity index is 1.29. The maximum atomic E-state index is 13.0. The zero-order valence-corrected chi connectivity index (χ0v) is 19.2. The second kappa shape index (κ2) is 8.86. The average molecular weight is 482 g/mol. The molecular formula is C23H26N6O6. The van der Waals surface area contributed by atoms with Crippen LogP contribution in [0.5, 0.6) is 0 Å². The molecule has 184 valence electrons. The number of ether oxygens (including phenoxy) is 1. The van der Waals surface area contributed by atoms with Crippen LogP contribution in [0.25, 0.3) is 5.69 Å². The van der Waals surface area contributed by atoms with E-state index in [1.165, 1.54) is 15.8 Å². The summed E-state index contributed by atoms with van der Waals surface area (Å²) in [6.07, 6.45) is 2.80. The SMILES string of the molecule is CC(NC(=O)c1cn(-c2ccc3c(c2)C(=O)N(C2CCC(=O)NC2=O)C3)nn1)C1(O)CCOCC1. The summed E-state index contributed by atoms with van der Waals surface area (Å²) in [7, 11) is 0. The van der Waals surface area contributed by atoms with Crippen molar-refractivity contribution in [3.63, 3.8) is 0 Å². The topological polar surface area (TPSA) is 156 Å². The Morgan fingerprint density at radius 3 is 2.80 bits per heavy atom. The highest BCUT2D eigenvalue weighted by Crippen LogP contribution is 2.29. The number of benzene rings is 1. The highest BCUT2D eigenvalue weighted by molar-refractivity contribution is 6.05. The molecule has 1 aromatic heterocycles. The van der Waals surface area contributed by atoms with Crippen molar-refractivity contribution >= 4 is 23.6 Å². The lowest BCUT2D eigenvalue weighted by molar-refractivity contribution is -0.136. The summed E-state index contributed by atoms with van der Waals surface area (Å²) in [4.78, 5) is 50.9. The van der Waals surface area contributed by atoms with Crippen LogP contribution in [0.2, 0.25) is 0 Å². The molecule has 3 N–H and O–H groups in total. The first-order valence-electron chi connectivity index (χ1n) is 11.6. The molecule has 4 amide bonds. The third-order valence-electron chi connectivity index (χ3n) is 7.01. The van der Waals surface area contributed by atoms with Crippen LogP contribution in [-0.2, 0) is 20.9 Å². The van der Waals surface area contributed by atoms with Crippen molar-refractivity contribution in [2.24, 2.45) is 0 Å². The zero-order chi connectivity index (χ0) is 24.7. The fourth-order valence-electron chi connectivity index (χ4n) is 4.74. The third-order valence-corrected chi connectivity index (χ3v) is 7.01. The number of nitrogens with one attached hydrogen (secondary N) is 2. The van der Waals surface area contributed by atoms with Gasteiger partial charge < -0.3 is 20.1 Å². The Bertz CT molecular complexity index is 1200. The molecule has 2 saturated heterocycles. The fourth-order valence-corrected chi connectivity index (χ4v) is 4.74. The van der Waals surface area contributed by atoms with Gasteiger partial charge in [0.1, 0.15) is 6.04 Å². The molecule has 2 aromatic rings. The van der Waals surface area contributed by atoms with Gasteiger partial charge in [-0.2, -0.15) is 0 Å². The van der Waals surface area contributed by atoms with Crippen LogP contribution < -0.4 is 10.6 Å². The molecule has 2 unspecified atom stereocenters. The van der Waals surface area contributed by atoms with Crippen LogP contribution in [0.3, 0.4) is 0 Å². The predicted octanol–water partition coefficient (Wildman–Crippen LogP) is -0.312. The number of hydrogen-bond donors (Lipinski definition) is 3. The van der Waals surface area contributed by atoms with Crippen LogP contribution in [-0.4, -0.2) is 79.5 Å². The molecule has 12 nitrogen and oxygen atoms in total. The monoisotopic (exact) mass is 482 g/mol. The van der Waals surface area contributed by atoms with Crippen molar-refractivity contribution in [1.82, 2.24) is 30.5 Å². The molecule has 0 bridgehead atoms. The Morgan fingerprint density at radius 1 is 1.29 bits per heavy atom.